The number of nitrogens with zero attached hydrogens (tertiary/aromatic N) is 2. The van der Waals surface area contributed by atoms with Crippen molar-refractivity contribution in [1.82, 2.24) is 14.9 Å². The molecular weight excluding hydrogens is 446 g/mol. The molecule has 0 bridgehead atoms. The van der Waals surface area contributed by atoms with Gasteiger partial charge in [0.05, 0.1) is 26.2 Å². The van der Waals surface area contributed by atoms with Crippen LogP contribution in [0.25, 0.3) is 21.3 Å². The van der Waals surface area contributed by atoms with Crippen LogP contribution in [0.4, 0.5) is 0 Å². The van der Waals surface area contributed by atoms with E-state index in [1.165, 1.54) is 5.56 Å². The number of aromatic amines is 1. The Hall–Kier alpha value is -3.16. The average Bonchev–Trinajstić information content (AvgIpc) is 3.43. The minimum atomic E-state index is -0.0744. The van der Waals surface area contributed by atoms with Gasteiger partial charge in [0.2, 0.25) is 0 Å². The highest BCUT2D eigenvalue weighted by Crippen LogP contribution is 2.40. The van der Waals surface area contributed by atoms with Gasteiger partial charge in [0, 0.05) is 22.0 Å². The zero-order chi connectivity index (χ0) is 23.8. The Balaban J connectivity index is 1.49. The number of nitrogens with one attached hydrogen (secondary N) is 1. The molecule has 1 fully saturated rings. The molecule has 176 valence electrons. The lowest BCUT2D eigenvalue weighted by atomic mass is 10.0. The van der Waals surface area contributed by atoms with Crippen LogP contribution < -0.4 is 15.0 Å². The van der Waals surface area contributed by atoms with Crippen molar-refractivity contribution in [2.75, 3.05) is 20.8 Å². The molecule has 0 unspecified atom stereocenters. The number of ether oxygens (including phenoxy) is 2. The average molecular weight is 476 g/mol. The Morgan fingerprint density at radius 3 is 2.65 bits per heavy atom. The lowest BCUT2D eigenvalue weighted by Gasteiger charge is -2.26. The second-order valence-corrected chi connectivity index (χ2v) is 10.0. The van der Waals surface area contributed by atoms with E-state index in [1.54, 1.807) is 25.6 Å². The summed E-state index contributed by atoms with van der Waals surface area (Å²) in [6.07, 6.45) is 2.10. The van der Waals surface area contributed by atoms with Crippen molar-refractivity contribution < 1.29 is 9.47 Å². The van der Waals surface area contributed by atoms with Gasteiger partial charge in [-0.3, -0.25) is 9.69 Å². The Kier molecular flexibility index (Phi) is 6.15. The van der Waals surface area contributed by atoms with Crippen molar-refractivity contribution in [2.24, 2.45) is 0 Å². The third-order valence-corrected chi connectivity index (χ3v) is 7.64. The number of hydrogen-bond acceptors (Lipinski definition) is 6. The summed E-state index contributed by atoms with van der Waals surface area (Å²) in [4.78, 5) is 25.5. The molecule has 1 atom stereocenters. The molecule has 7 heteroatoms. The minimum absolute atomic E-state index is 0.0744. The van der Waals surface area contributed by atoms with E-state index in [1.807, 2.05) is 12.1 Å². The molecule has 3 heterocycles. The molecule has 4 aromatic rings. The summed E-state index contributed by atoms with van der Waals surface area (Å²) >= 11 is 1.59. The van der Waals surface area contributed by atoms with E-state index in [4.69, 9.17) is 14.5 Å². The van der Waals surface area contributed by atoms with Gasteiger partial charge >= 0.3 is 0 Å². The smallest absolute Gasteiger partial charge is 0.260 e. The maximum Gasteiger partial charge on any atom is 0.260 e. The van der Waals surface area contributed by atoms with Gasteiger partial charge in [-0.2, -0.15) is 0 Å². The van der Waals surface area contributed by atoms with Gasteiger partial charge in [0.15, 0.2) is 0 Å². The van der Waals surface area contributed by atoms with Crippen LogP contribution >= 0.6 is 11.3 Å². The quantitative estimate of drug-likeness (QED) is 0.392. The number of methoxy groups -OCH3 is 2. The van der Waals surface area contributed by atoms with Gasteiger partial charge in [-0.05, 0) is 57.0 Å². The highest BCUT2D eigenvalue weighted by molar-refractivity contribution is 7.19. The van der Waals surface area contributed by atoms with E-state index >= 15 is 0 Å². The predicted molar refractivity (Wildman–Crippen MR) is 137 cm³/mol. The number of fused-ring (bicyclic) bond motifs is 1. The summed E-state index contributed by atoms with van der Waals surface area (Å²) in [6.45, 7) is 5.64. The van der Waals surface area contributed by atoms with E-state index in [-0.39, 0.29) is 11.6 Å². The number of hydrogen-bond donors (Lipinski definition) is 1. The van der Waals surface area contributed by atoms with Crippen LogP contribution in [0.5, 0.6) is 11.5 Å². The Morgan fingerprint density at radius 2 is 1.91 bits per heavy atom. The first-order valence-corrected chi connectivity index (χ1v) is 12.4. The molecule has 0 spiro atoms. The number of thiophene rings is 1. The van der Waals surface area contributed by atoms with Crippen molar-refractivity contribution in [2.45, 2.75) is 39.3 Å². The maximum absolute atomic E-state index is 13.2. The van der Waals surface area contributed by atoms with Crippen molar-refractivity contribution in [3.8, 4) is 22.6 Å². The number of aryl methyl sites for hydroxylation is 2. The first kappa shape index (κ1) is 22.6. The van der Waals surface area contributed by atoms with Crippen molar-refractivity contribution >= 4 is 21.6 Å². The number of benzene rings is 2. The standard InChI is InChI=1S/C27H29N3O3S/c1-16-7-9-18(10-8-16)24-17(2)34-27-25(24)26(31)28-23(29-27)15-30-13-5-6-21(30)20-14-19(32-3)11-12-22(20)33-4/h7-12,14,21H,5-6,13,15H2,1-4H3,(H,28,29,31)/t21-/m1/s1. The second-order valence-electron chi connectivity index (χ2n) is 8.83. The summed E-state index contributed by atoms with van der Waals surface area (Å²) in [5.41, 5.74) is 4.27. The van der Waals surface area contributed by atoms with E-state index in [9.17, 15) is 4.79 Å². The van der Waals surface area contributed by atoms with Gasteiger partial charge < -0.3 is 14.5 Å². The number of rotatable bonds is 6. The Labute approximate surface area is 203 Å². The van der Waals surface area contributed by atoms with Crippen LogP contribution in [0.15, 0.2) is 47.3 Å². The third kappa shape index (κ3) is 4.10. The van der Waals surface area contributed by atoms with Crippen LogP contribution in [-0.2, 0) is 6.54 Å². The van der Waals surface area contributed by atoms with E-state index in [0.717, 1.165) is 57.3 Å². The molecule has 1 aliphatic rings. The molecule has 5 rings (SSSR count). The molecule has 0 aliphatic carbocycles. The zero-order valence-electron chi connectivity index (χ0n) is 20.0. The molecule has 34 heavy (non-hydrogen) atoms. The highest BCUT2D eigenvalue weighted by Gasteiger charge is 2.29. The molecule has 2 aromatic carbocycles. The van der Waals surface area contributed by atoms with Crippen molar-refractivity contribution in [3.05, 3.63) is 74.6 Å². The lowest BCUT2D eigenvalue weighted by molar-refractivity contribution is 0.236. The van der Waals surface area contributed by atoms with Gasteiger partial charge in [-0.1, -0.05) is 29.8 Å². The fourth-order valence-corrected chi connectivity index (χ4v) is 6.03. The van der Waals surface area contributed by atoms with Crippen LogP contribution in [0.1, 0.15) is 40.7 Å². The number of H-pyrrole nitrogens is 1. The molecule has 2 aromatic heterocycles. The summed E-state index contributed by atoms with van der Waals surface area (Å²) in [6, 6.07) is 14.4. The fourth-order valence-electron chi connectivity index (χ4n) is 4.97. The van der Waals surface area contributed by atoms with Crippen LogP contribution in [0, 0.1) is 13.8 Å². The summed E-state index contributed by atoms with van der Waals surface area (Å²) in [5.74, 6) is 2.36. The molecular formula is C27H29N3O3S. The topological polar surface area (TPSA) is 67.5 Å². The SMILES string of the molecule is COc1ccc(OC)c([C@H]2CCCN2Cc2nc3sc(C)c(-c4ccc(C)cc4)c3c(=O)[nH]2)c1. The van der Waals surface area contributed by atoms with Crippen LogP contribution in [0.2, 0.25) is 0 Å². The molecule has 1 saturated heterocycles. The van der Waals surface area contributed by atoms with Crippen molar-refractivity contribution in [1.29, 1.82) is 0 Å². The van der Waals surface area contributed by atoms with Gasteiger partial charge in [-0.15, -0.1) is 11.3 Å². The van der Waals surface area contributed by atoms with Crippen molar-refractivity contribution in [3.63, 3.8) is 0 Å². The first-order valence-electron chi connectivity index (χ1n) is 11.5. The molecule has 6 nitrogen and oxygen atoms in total. The Bertz CT molecular complexity index is 1390. The third-order valence-electron chi connectivity index (χ3n) is 6.64. The van der Waals surface area contributed by atoms with Gasteiger partial charge in [0.1, 0.15) is 22.2 Å². The Morgan fingerprint density at radius 1 is 1.12 bits per heavy atom. The number of likely N-dealkylation sites (tertiary alicyclic amines) is 1. The maximum atomic E-state index is 13.2. The highest BCUT2D eigenvalue weighted by atomic mass is 32.1. The molecule has 1 N–H and O–H groups in total. The fraction of sp³-hybridized carbons (Fsp3) is 0.333. The van der Waals surface area contributed by atoms with Crippen LogP contribution in [0.3, 0.4) is 0 Å². The summed E-state index contributed by atoms with van der Waals surface area (Å²) in [7, 11) is 3.37. The summed E-state index contributed by atoms with van der Waals surface area (Å²) in [5, 5.41) is 0.683. The largest absolute Gasteiger partial charge is 0.497 e. The minimum Gasteiger partial charge on any atom is -0.497 e. The number of aromatic nitrogens is 2. The monoisotopic (exact) mass is 475 g/mol. The van der Waals surface area contributed by atoms with E-state index in [0.29, 0.717) is 17.8 Å². The van der Waals surface area contributed by atoms with Gasteiger partial charge in [0.25, 0.3) is 5.56 Å². The molecule has 0 saturated carbocycles. The zero-order valence-corrected chi connectivity index (χ0v) is 20.8. The van der Waals surface area contributed by atoms with Crippen LogP contribution in [-0.4, -0.2) is 35.6 Å². The normalized spacial score (nSPS) is 16.3. The summed E-state index contributed by atoms with van der Waals surface area (Å²) < 4.78 is 11.1. The van der Waals surface area contributed by atoms with E-state index in [2.05, 4.69) is 54.1 Å². The molecule has 0 radical (unpaired) electrons. The molecule has 0 amide bonds. The lowest BCUT2D eigenvalue weighted by Crippen LogP contribution is -2.26. The second kappa shape index (κ2) is 9.24. The predicted octanol–water partition coefficient (Wildman–Crippen LogP) is 5.62. The first-order chi connectivity index (χ1) is 16.5. The van der Waals surface area contributed by atoms with E-state index < -0.39 is 0 Å². The molecule has 1 aliphatic heterocycles. The van der Waals surface area contributed by atoms with Gasteiger partial charge in [-0.25, -0.2) is 4.98 Å².